The lowest BCUT2D eigenvalue weighted by atomic mass is 10.1. The van der Waals surface area contributed by atoms with Gasteiger partial charge in [-0.25, -0.2) is 0 Å². The van der Waals surface area contributed by atoms with Gasteiger partial charge < -0.3 is 10.2 Å². The summed E-state index contributed by atoms with van der Waals surface area (Å²) in [4.78, 5) is 2.19. The zero-order valence-electron chi connectivity index (χ0n) is 11.2. The highest BCUT2D eigenvalue weighted by Gasteiger charge is 2.05. The SMILES string of the molecule is CNC(C)c1ccc(N(C)c2ccccc2)cc1. The van der Waals surface area contributed by atoms with Gasteiger partial charge in [0.15, 0.2) is 0 Å². The van der Waals surface area contributed by atoms with Gasteiger partial charge in [0.1, 0.15) is 0 Å². The van der Waals surface area contributed by atoms with Crippen LogP contribution in [0, 0.1) is 0 Å². The normalized spacial score (nSPS) is 12.2. The number of nitrogens with zero attached hydrogens (tertiary/aromatic N) is 1. The Kier molecular flexibility index (Phi) is 4.00. The smallest absolute Gasteiger partial charge is 0.0408 e. The molecule has 2 heteroatoms. The first-order valence-electron chi connectivity index (χ1n) is 6.28. The third-order valence-corrected chi connectivity index (χ3v) is 3.36. The first-order valence-corrected chi connectivity index (χ1v) is 6.28. The summed E-state index contributed by atoms with van der Waals surface area (Å²) in [6.45, 7) is 2.16. The molecule has 2 nitrogen and oxygen atoms in total. The van der Waals surface area contributed by atoms with E-state index in [1.165, 1.54) is 16.9 Å². The molecule has 0 aliphatic carbocycles. The predicted molar refractivity (Wildman–Crippen MR) is 78.4 cm³/mol. The van der Waals surface area contributed by atoms with E-state index in [1.54, 1.807) is 0 Å². The number of hydrogen-bond donors (Lipinski definition) is 1. The third kappa shape index (κ3) is 2.71. The van der Waals surface area contributed by atoms with Gasteiger partial charge in [0.05, 0.1) is 0 Å². The second-order valence-corrected chi connectivity index (χ2v) is 4.50. The summed E-state index contributed by atoms with van der Waals surface area (Å²) in [6, 6.07) is 19.5. The zero-order valence-corrected chi connectivity index (χ0v) is 11.2. The van der Waals surface area contributed by atoms with Crippen molar-refractivity contribution in [1.82, 2.24) is 5.32 Å². The molecule has 2 aromatic rings. The Bertz CT molecular complexity index is 476. The van der Waals surface area contributed by atoms with Crippen LogP contribution in [0.5, 0.6) is 0 Å². The number of nitrogens with one attached hydrogen (secondary N) is 1. The van der Waals surface area contributed by atoms with E-state index in [1.807, 2.05) is 13.1 Å². The minimum atomic E-state index is 0.390. The standard InChI is InChI=1S/C16H20N2/c1-13(17-2)14-9-11-16(12-10-14)18(3)15-7-5-4-6-8-15/h4-13,17H,1-3H3. The van der Waals surface area contributed by atoms with Crippen LogP contribution in [-0.2, 0) is 0 Å². The molecular weight excluding hydrogens is 220 g/mol. The van der Waals surface area contributed by atoms with Crippen LogP contribution >= 0.6 is 0 Å². The van der Waals surface area contributed by atoms with Crippen LogP contribution in [0.2, 0.25) is 0 Å². The Morgan fingerprint density at radius 3 is 2.00 bits per heavy atom. The van der Waals surface area contributed by atoms with E-state index < -0.39 is 0 Å². The first-order chi connectivity index (χ1) is 8.72. The molecule has 1 unspecified atom stereocenters. The van der Waals surface area contributed by atoms with Crippen LogP contribution < -0.4 is 10.2 Å². The molecule has 0 radical (unpaired) electrons. The van der Waals surface area contributed by atoms with Gasteiger partial charge in [0.25, 0.3) is 0 Å². The van der Waals surface area contributed by atoms with Gasteiger partial charge in [0, 0.05) is 24.5 Å². The number of hydrogen-bond acceptors (Lipinski definition) is 2. The number of benzene rings is 2. The molecule has 2 aromatic carbocycles. The molecule has 0 fully saturated rings. The predicted octanol–water partition coefficient (Wildman–Crippen LogP) is 3.73. The van der Waals surface area contributed by atoms with Crippen LogP contribution in [0.15, 0.2) is 54.6 Å². The Morgan fingerprint density at radius 1 is 0.889 bits per heavy atom. The monoisotopic (exact) mass is 240 g/mol. The van der Waals surface area contributed by atoms with Crippen molar-refractivity contribution in [3.63, 3.8) is 0 Å². The Hall–Kier alpha value is -1.80. The topological polar surface area (TPSA) is 15.3 Å². The summed E-state index contributed by atoms with van der Waals surface area (Å²) in [5.41, 5.74) is 3.71. The van der Waals surface area contributed by atoms with Gasteiger partial charge >= 0.3 is 0 Å². The van der Waals surface area contributed by atoms with Crippen LogP contribution in [-0.4, -0.2) is 14.1 Å². The molecule has 0 aromatic heterocycles. The number of anilines is 2. The van der Waals surface area contributed by atoms with Crippen molar-refractivity contribution >= 4 is 11.4 Å². The molecule has 0 amide bonds. The van der Waals surface area contributed by atoms with Crippen LogP contribution in [0.25, 0.3) is 0 Å². The van der Waals surface area contributed by atoms with Crippen LogP contribution in [0.1, 0.15) is 18.5 Å². The summed E-state index contributed by atoms with van der Waals surface area (Å²) < 4.78 is 0. The number of para-hydroxylation sites is 1. The lowest BCUT2D eigenvalue weighted by molar-refractivity contribution is 0.652. The highest BCUT2D eigenvalue weighted by molar-refractivity contribution is 5.62. The lowest BCUT2D eigenvalue weighted by Crippen LogP contribution is -2.13. The fourth-order valence-corrected chi connectivity index (χ4v) is 1.95. The molecule has 0 aliphatic rings. The van der Waals surface area contributed by atoms with Crippen molar-refractivity contribution in [2.75, 3.05) is 19.0 Å². The van der Waals surface area contributed by atoms with E-state index in [4.69, 9.17) is 0 Å². The van der Waals surface area contributed by atoms with Crippen molar-refractivity contribution < 1.29 is 0 Å². The maximum atomic E-state index is 3.25. The first kappa shape index (κ1) is 12.7. The van der Waals surface area contributed by atoms with E-state index in [-0.39, 0.29) is 0 Å². The maximum absolute atomic E-state index is 3.25. The molecule has 1 N–H and O–H groups in total. The second-order valence-electron chi connectivity index (χ2n) is 4.50. The third-order valence-electron chi connectivity index (χ3n) is 3.36. The zero-order chi connectivity index (χ0) is 13.0. The van der Waals surface area contributed by atoms with Gasteiger partial charge in [-0.2, -0.15) is 0 Å². The summed E-state index contributed by atoms with van der Waals surface area (Å²) in [5.74, 6) is 0. The molecule has 0 heterocycles. The molecular formula is C16H20N2. The van der Waals surface area contributed by atoms with Crippen LogP contribution in [0.3, 0.4) is 0 Å². The minimum absolute atomic E-state index is 0.390. The van der Waals surface area contributed by atoms with Crippen LogP contribution in [0.4, 0.5) is 11.4 Å². The fourth-order valence-electron chi connectivity index (χ4n) is 1.95. The van der Waals surface area contributed by atoms with Crippen molar-refractivity contribution in [2.24, 2.45) is 0 Å². The van der Waals surface area contributed by atoms with E-state index >= 15 is 0 Å². The summed E-state index contributed by atoms with van der Waals surface area (Å²) >= 11 is 0. The second kappa shape index (κ2) is 5.69. The van der Waals surface area contributed by atoms with E-state index in [0.717, 1.165) is 0 Å². The summed E-state index contributed by atoms with van der Waals surface area (Å²) in [5, 5.41) is 3.25. The molecule has 2 rings (SSSR count). The summed E-state index contributed by atoms with van der Waals surface area (Å²) in [7, 11) is 4.07. The molecule has 0 saturated heterocycles. The van der Waals surface area contributed by atoms with E-state index in [2.05, 4.69) is 72.7 Å². The Morgan fingerprint density at radius 2 is 1.44 bits per heavy atom. The fraction of sp³-hybridized carbons (Fsp3) is 0.250. The maximum Gasteiger partial charge on any atom is 0.0408 e. The molecule has 0 aliphatic heterocycles. The largest absolute Gasteiger partial charge is 0.345 e. The average Bonchev–Trinajstić information content (AvgIpc) is 2.47. The molecule has 1 atom stereocenters. The van der Waals surface area contributed by atoms with Gasteiger partial charge in [-0.15, -0.1) is 0 Å². The molecule has 0 saturated carbocycles. The highest BCUT2D eigenvalue weighted by Crippen LogP contribution is 2.24. The van der Waals surface area contributed by atoms with Gasteiger partial charge in [0.2, 0.25) is 0 Å². The van der Waals surface area contributed by atoms with Crippen molar-refractivity contribution in [3.8, 4) is 0 Å². The Balaban J connectivity index is 2.19. The van der Waals surface area contributed by atoms with E-state index in [9.17, 15) is 0 Å². The van der Waals surface area contributed by atoms with Crippen molar-refractivity contribution in [2.45, 2.75) is 13.0 Å². The highest BCUT2D eigenvalue weighted by atomic mass is 15.1. The Labute approximate surface area is 109 Å². The van der Waals surface area contributed by atoms with Crippen molar-refractivity contribution in [1.29, 1.82) is 0 Å². The molecule has 94 valence electrons. The lowest BCUT2D eigenvalue weighted by Gasteiger charge is -2.20. The van der Waals surface area contributed by atoms with Crippen molar-refractivity contribution in [3.05, 3.63) is 60.2 Å². The van der Waals surface area contributed by atoms with Gasteiger partial charge in [-0.3, -0.25) is 0 Å². The molecule has 0 bridgehead atoms. The number of rotatable bonds is 4. The van der Waals surface area contributed by atoms with Gasteiger partial charge in [-0.05, 0) is 43.8 Å². The van der Waals surface area contributed by atoms with Gasteiger partial charge in [-0.1, -0.05) is 30.3 Å². The minimum Gasteiger partial charge on any atom is -0.345 e. The average molecular weight is 240 g/mol. The molecule has 0 spiro atoms. The summed E-state index contributed by atoms with van der Waals surface area (Å²) in [6.07, 6.45) is 0. The quantitative estimate of drug-likeness (QED) is 0.876. The molecule has 18 heavy (non-hydrogen) atoms. The van der Waals surface area contributed by atoms with E-state index in [0.29, 0.717) is 6.04 Å².